The van der Waals surface area contributed by atoms with E-state index >= 15 is 0 Å². The Morgan fingerprint density at radius 3 is 1.50 bits per heavy atom. The number of hydrogen-bond acceptors (Lipinski definition) is 1. The zero-order valence-electron chi connectivity index (χ0n) is 9.55. The van der Waals surface area contributed by atoms with Crippen LogP contribution in [0.25, 0.3) is 0 Å². The largest absolute Gasteiger partial charge is 0.265 e. The third-order valence-electron chi connectivity index (χ3n) is 2.96. The number of benzene rings is 2. The average Bonchev–Trinajstić information content (AvgIpc) is 2.42. The summed E-state index contributed by atoms with van der Waals surface area (Å²) in [6.45, 7) is 0. The van der Waals surface area contributed by atoms with Gasteiger partial charge in [0.2, 0.25) is 0 Å². The van der Waals surface area contributed by atoms with Gasteiger partial charge in [-0.05, 0) is 11.1 Å². The third kappa shape index (κ3) is 1.86. The summed E-state index contributed by atoms with van der Waals surface area (Å²) in [6.07, 6.45) is -2.78. The summed E-state index contributed by atoms with van der Waals surface area (Å²) in [7, 11) is 0. The van der Waals surface area contributed by atoms with Gasteiger partial charge in [-0.1, -0.05) is 60.7 Å². The Kier molecular flexibility index (Phi) is 3.38. The molecule has 0 aliphatic carbocycles. The van der Waals surface area contributed by atoms with Crippen LogP contribution in [-0.4, -0.2) is 6.43 Å². The van der Waals surface area contributed by atoms with E-state index in [0.29, 0.717) is 11.1 Å². The van der Waals surface area contributed by atoms with Crippen molar-refractivity contribution in [1.82, 2.24) is 0 Å². The second-order valence-electron chi connectivity index (χ2n) is 3.95. The molecule has 0 aromatic heterocycles. The average molecular weight is 243 g/mol. The topological polar surface area (TPSA) is 23.8 Å². The van der Waals surface area contributed by atoms with E-state index in [2.05, 4.69) is 0 Å². The molecule has 0 atom stereocenters. The van der Waals surface area contributed by atoms with Crippen LogP contribution in [0.4, 0.5) is 8.78 Å². The van der Waals surface area contributed by atoms with Gasteiger partial charge in [0.05, 0.1) is 6.07 Å². The number of nitrogens with zero attached hydrogens (tertiary/aromatic N) is 1. The maximum atomic E-state index is 13.5. The first-order chi connectivity index (χ1) is 8.71. The highest BCUT2D eigenvalue weighted by Gasteiger charge is 2.43. The fourth-order valence-electron chi connectivity index (χ4n) is 2.00. The van der Waals surface area contributed by atoms with Crippen LogP contribution in [0.3, 0.4) is 0 Å². The van der Waals surface area contributed by atoms with Gasteiger partial charge in [0.25, 0.3) is 6.43 Å². The molecule has 3 heteroatoms. The molecular weight excluding hydrogens is 232 g/mol. The summed E-state index contributed by atoms with van der Waals surface area (Å²) in [6, 6.07) is 18.1. The number of halogens is 2. The van der Waals surface area contributed by atoms with Crippen LogP contribution in [0.2, 0.25) is 0 Å². The van der Waals surface area contributed by atoms with E-state index in [4.69, 9.17) is 0 Å². The van der Waals surface area contributed by atoms with Crippen molar-refractivity contribution in [3.63, 3.8) is 0 Å². The third-order valence-corrected chi connectivity index (χ3v) is 2.96. The van der Waals surface area contributed by atoms with Gasteiger partial charge in [-0.3, -0.25) is 0 Å². The monoisotopic (exact) mass is 243 g/mol. The molecule has 2 aromatic rings. The van der Waals surface area contributed by atoms with Crippen molar-refractivity contribution >= 4 is 0 Å². The van der Waals surface area contributed by atoms with E-state index in [1.807, 2.05) is 0 Å². The Morgan fingerprint density at radius 2 is 1.22 bits per heavy atom. The number of alkyl halides is 2. The molecule has 0 aliphatic heterocycles. The minimum absolute atomic E-state index is 0.314. The molecule has 0 fully saturated rings. The van der Waals surface area contributed by atoms with Gasteiger partial charge in [0.15, 0.2) is 5.41 Å². The molecule has 0 bridgehead atoms. The highest BCUT2D eigenvalue weighted by molar-refractivity contribution is 5.46. The maximum Gasteiger partial charge on any atom is 0.265 e. The van der Waals surface area contributed by atoms with Crippen molar-refractivity contribution in [3.8, 4) is 6.07 Å². The van der Waals surface area contributed by atoms with Gasteiger partial charge in [-0.25, -0.2) is 8.78 Å². The van der Waals surface area contributed by atoms with Crippen LogP contribution in [-0.2, 0) is 5.41 Å². The molecule has 0 amide bonds. The van der Waals surface area contributed by atoms with Crippen molar-refractivity contribution < 1.29 is 8.78 Å². The maximum absolute atomic E-state index is 13.5. The molecule has 0 saturated carbocycles. The first kappa shape index (κ1) is 12.3. The number of hydrogen-bond donors (Lipinski definition) is 0. The van der Waals surface area contributed by atoms with Crippen LogP contribution in [0.15, 0.2) is 60.7 Å². The van der Waals surface area contributed by atoms with E-state index < -0.39 is 11.8 Å². The molecular formula is C15H11F2N. The molecule has 0 N–H and O–H groups in total. The number of nitriles is 1. The van der Waals surface area contributed by atoms with Gasteiger partial charge in [-0.2, -0.15) is 5.26 Å². The van der Waals surface area contributed by atoms with Gasteiger partial charge in [-0.15, -0.1) is 0 Å². The summed E-state index contributed by atoms with van der Waals surface area (Å²) in [4.78, 5) is 0. The van der Waals surface area contributed by atoms with Gasteiger partial charge in [0.1, 0.15) is 0 Å². The lowest BCUT2D eigenvalue weighted by Gasteiger charge is -2.26. The van der Waals surface area contributed by atoms with Gasteiger partial charge >= 0.3 is 0 Å². The summed E-state index contributed by atoms with van der Waals surface area (Å²) < 4.78 is 27.0. The van der Waals surface area contributed by atoms with Gasteiger partial charge in [0, 0.05) is 0 Å². The predicted molar refractivity (Wildman–Crippen MR) is 65.3 cm³/mol. The first-order valence-electron chi connectivity index (χ1n) is 5.52. The van der Waals surface area contributed by atoms with Crippen molar-refractivity contribution in [2.75, 3.05) is 0 Å². The second kappa shape index (κ2) is 4.97. The van der Waals surface area contributed by atoms with E-state index in [1.165, 1.54) is 0 Å². The quantitative estimate of drug-likeness (QED) is 0.805. The van der Waals surface area contributed by atoms with E-state index in [0.717, 1.165) is 0 Å². The molecule has 2 aromatic carbocycles. The molecule has 0 aliphatic rings. The summed E-state index contributed by atoms with van der Waals surface area (Å²) in [5, 5.41) is 9.32. The molecule has 0 saturated heterocycles. The minimum atomic E-state index is -2.78. The molecule has 18 heavy (non-hydrogen) atoms. The minimum Gasteiger partial charge on any atom is -0.208 e. The summed E-state index contributed by atoms with van der Waals surface area (Å²) in [5.74, 6) is 0. The molecule has 1 nitrogen and oxygen atoms in total. The molecule has 0 radical (unpaired) electrons. The molecule has 0 unspecified atom stereocenters. The fraction of sp³-hybridized carbons (Fsp3) is 0.133. The van der Waals surface area contributed by atoms with Crippen LogP contribution < -0.4 is 0 Å². The molecule has 0 spiro atoms. The molecule has 90 valence electrons. The van der Waals surface area contributed by atoms with E-state index in [1.54, 1.807) is 66.7 Å². The van der Waals surface area contributed by atoms with Crippen LogP contribution in [0, 0.1) is 11.3 Å². The van der Waals surface area contributed by atoms with Crippen molar-refractivity contribution in [3.05, 3.63) is 71.8 Å². The van der Waals surface area contributed by atoms with Crippen molar-refractivity contribution in [2.24, 2.45) is 0 Å². The normalized spacial score (nSPS) is 11.2. The Hall–Kier alpha value is -2.21. The fourth-order valence-corrected chi connectivity index (χ4v) is 2.00. The van der Waals surface area contributed by atoms with Crippen molar-refractivity contribution in [2.45, 2.75) is 11.8 Å². The van der Waals surface area contributed by atoms with Crippen LogP contribution >= 0.6 is 0 Å². The highest BCUT2D eigenvalue weighted by Crippen LogP contribution is 2.37. The first-order valence-corrected chi connectivity index (χ1v) is 5.52. The smallest absolute Gasteiger partial charge is 0.208 e. The lowest BCUT2D eigenvalue weighted by molar-refractivity contribution is 0.0984. The zero-order chi connectivity index (χ0) is 13.0. The highest BCUT2D eigenvalue weighted by atomic mass is 19.3. The Balaban J connectivity index is 2.67. The second-order valence-corrected chi connectivity index (χ2v) is 3.95. The van der Waals surface area contributed by atoms with Crippen molar-refractivity contribution in [1.29, 1.82) is 5.26 Å². The van der Waals surface area contributed by atoms with Crippen LogP contribution in [0.5, 0.6) is 0 Å². The lowest BCUT2D eigenvalue weighted by atomic mass is 9.76. The Morgan fingerprint density at radius 1 is 0.833 bits per heavy atom. The Bertz CT molecular complexity index is 504. The van der Waals surface area contributed by atoms with Crippen LogP contribution in [0.1, 0.15) is 11.1 Å². The summed E-state index contributed by atoms with van der Waals surface area (Å²) >= 11 is 0. The van der Waals surface area contributed by atoms with E-state index in [-0.39, 0.29) is 0 Å². The van der Waals surface area contributed by atoms with Gasteiger partial charge < -0.3 is 0 Å². The standard InChI is InChI=1S/C15H11F2N/c16-14(17)15(11-18,12-7-3-1-4-8-12)13-9-5-2-6-10-13/h1-10,14H. The zero-order valence-corrected chi connectivity index (χ0v) is 9.55. The summed E-state index contributed by atoms with van der Waals surface area (Å²) in [5.41, 5.74) is -1.27. The Labute approximate surface area is 104 Å². The lowest BCUT2D eigenvalue weighted by Crippen LogP contribution is -2.34. The molecule has 0 heterocycles. The number of rotatable bonds is 3. The molecule has 2 rings (SSSR count). The van der Waals surface area contributed by atoms with E-state index in [9.17, 15) is 14.0 Å². The predicted octanol–water partition coefficient (Wildman–Crippen LogP) is 3.76. The SMILES string of the molecule is N#CC(c1ccccc1)(c1ccccc1)C(F)F.